The van der Waals surface area contributed by atoms with Crippen LogP contribution in [0.5, 0.6) is 0 Å². The monoisotopic (exact) mass is 951 g/mol. The van der Waals surface area contributed by atoms with Gasteiger partial charge in [-0.05, 0) is 116 Å². The van der Waals surface area contributed by atoms with Gasteiger partial charge in [0.2, 0.25) is 0 Å². The molecular formula is C63H98O6. The molecular weight excluding hydrogens is 853 g/mol. The minimum absolute atomic E-state index is 0.0852. The number of carbonyl (C=O) groups is 3. The number of esters is 3. The van der Waals surface area contributed by atoms with E-state index in [4.69, 9.17) is 14.2 Å². The Morgan fingerprint density at radius 3 is 0.971 bits per heavy atom. The highest BCUT2D eigenvalue weighted by Crippen LogP contribution is 2.12. The molecule has 0 aromatic heterocycles. The highest BCUT2D eigenvalue weighted by molar-refractivity contribution is 5.72. The van der Waals surface area contributed by atoms with Gasteiger partial charge in [-0.2, -0.15) is 0 Å². The Hall–Kier alpha value is -4.71. The molecule has 6 nitrogen and oxygen atoms in total. The maximum atomic E-state index is 12.7. The van der Waals surface area contributed by atoms with Crippen LogP contribution in [-0.2, 0) is 28.6 Å². The largest absolute Gasteiger partial charge is 0.462 e. The van der Waals surface area contributed by atoms with Crippen LogP contribution in [0.25, 0.3) is 0 Å². The lowest BCUT2D eigenvalue weighted by atomic mass is 10.1. The molecule has 0 spiro atoms. The van der Waals surface area contributed by atoms with E-state index in [-0.39, 0.29) is 31.6 Å². The van der Waals surface area contributed by atoms with Crippen molar-refractivity contribution < 1.29 is 28.6 Å². The average molecular weight is 951 g/mol. The summed E-state index contributed by atoms with van der Waals surface area (Å²) < 4.78 is 16.7. The second kappa shape index (κ2) is 55.9. The average Bonchev–Trinajstić information content (AvgIpc) is 3.35. The molecule has 1 atom stereocenters. The number of unbranched alkanes of at least 4 members (excludes halogenated alkanes) is 13. The van der Waals surface area contributed by atoms with Crippen LogP contribution < -0.4 is 0 Å². The molecule has 0 aromatic rings. The molecule has 0 fully saturated rings. The van der Waals surface area contributed by atoms with Crippen molar-refractivity contribution in [1.82, 2.24) is 0 Å². The summed E-state index contributed by atoms with van der Waals surface area (Å²) >= 11 is 0. The van der Waals surface area contributed by atoms with Crippen LogP contribution in [0.15, 0.2) is 146 Å². The second-order valence-corrected chi connectivity index (χ2v) is 17.4. The molecule has 0 aliphatic carbocycles. The third kappa shape index (κ3) is 54.1. The van der Waals surface area contributed by atoms with Crippen molar-refractivity contribution >= 4 is 17.9 Å². The number of hydrogen-bond acceptors (Lipinski definition) is 6. The molecule has 0 amide bonds. The molecule has 0 rings (SSSR count). The SMILES string of the molecule is CC/C=C\C/C=C\C/C=C\C/C=C\C/C=C\C/C=C\CCCCCCCCC(=O)OCC(COC(=O)CCCCCCC/C=C\CCCC)OC(=O)C/C=C\C/C=C\C/C=C\C/C=C\C/C=C\CC. The Morgan fingerprint density at radius 2 is 0.609 bits per heavy atom. The standard InChI is InChI=1S/C63H98O6/c1-4-7-10-13-16-19-22-24-26-27-28-29-30-31-32-33-34-35-37-38-41-44-47-50-53-56-62(65)68-59-60(58-67-61(64)55-52-49-46-43-40-21-18-15-12-9-6-3)69-63(66)57-54-51-48-45-42-39-36-25-23-20-17-14-11-8-5-2/h7-8,10-11,15-20,24-26,28-29,31-32,34-36,42,45,51,54,60H,4-6,9,12-14,21-23,27,30,33,37-41,43-44,46-50,52-53,55-59H2,1-3H3/b10-7-,11-8-,18-15-,19-16-,20-17-,26-24-,29-28-,32-31-,35-34-,36-25-,45-42-,54-51-. The predicted molar refractivity (Wildman–Crippen MR) is 297 cm³/mol. The van der Waals surface area contributed by atoms with Crippen molar-refractivity contribution in [2.24, 2.45) is 0 Å². The van der Waals surface area contributed by atoms with Gasteiger partial charge in [0.25, 0.3) is 0 Å². The fraction of sp³-hybridized carbons (Fsp3) is 0.571. The Bertz CT molecular complexity index is 1560. The van der Waals surface area contributed by atoms with E-state index < -0.39 is 12.1 Å². The molecule has 0 saturated heterocycles. The van der Waals surface area contributed by atoms with E-state index in [1.54, 1.807) is 6.08 Å². The van der Waals surface area contributed by atoms with E-state index in [2.05, 4.69) is 154 Å². The topological polar surface area (TPSA) is 78.9 Å². The van der Waals surface area contributed by atoms with Gasteiger partial charge in [-0.3, -0.25) is 14.4 Å². The maximum Gasteiger partial charge on any atom is 0.310 e. The molecule has 0 radical (unpaired) electrons. The summed E-state index contributed by atoms with van der Waals surface area (Å²) in [5.41, 5.74) is 0. The van der Waals surface area contributed by atoms with E-state index in [1.807, 2.05) is 6.08 Å². The Balaban J connectivity index is 4.46. The van der Waals surface area contributed by atoms with Crippen molar-refractivity contribution in [3.8, 4) is 0 Å². The Kier molecular flexibility index (Phi) is 52.1. The van der Waals surface area contributed by atoms with Crippen molar-refractivity contribution in [3.63, 3.8) is 0 Å². The maximum absolute atomic E-state index is 12.7. The van der Waals surface area contributed by atoms with Crippen LogP contribution in [0.2, 0.25) is 0 Å². The Morgan fingerprint density at radius 1 is 0.319 bits per heavy atom. The van der Waals surface area contributed by atoms with Gasteiger partial charge < -0.3 is 14.2 Å². The van der Waals surface area contributed by atoms with Gasteiger partial charge in [0.05, 0.1) is 6.42 Å². The third-order valence-electron chi connectivity index (χ3n) is 10.8. The quantitative estimate of drug-likeness (QED) is 0.0262. The molecule has 0 aliphatic rings. The summed E-state index contributed by atoms with van der Waals surface area (Å²) in [4.78, 5) is 38.0. The number of hydrogen-bond donors (Lipinski definition) is 0. The molecule has 0 N–H and O–H groups in total. The molecule has 386 valence electrons. The molecule has 0 bridgehead atoms. The first kappa shape index (κ1) is 64.3. The normalized spacial score (nSPS) is 13.3. The minimum Gasteiger partial charge on any atom is -0.462 e. The van der Waals surface area contributed by atoms with Gasteiger partial charge in [0, 0.05) is 12.8 Å². The van der Waals surface area contributed by atoms with Gasteiger partial charge in [-0.1, -0.05) is 224 Å². The fourth-order valence-electron chi connectivity index (χ4n) is 6.79. The van der Waals surface area contributed by atoms with Crippen LogP contribution in [0.3, 0.4) is 0 Å². The zero-order chi connectivity index (χ0) is 50.0. The van der Waals surface area contributed by atoms with Crippen molar-refractivity contribution in [3.05, 3.63) is 146 Å². The zero-order valence-corrected chi connectivity index (χ0v) is 44.0. The number of ether oxygens (including phenoxy) is 3. The highest BCUT2D eigenvalue weighted by atomic mass is 16.6. The van der Waals surface area contributed by atoms with Gasteiger partial charge in [-0.15, -0.1) is 0 Å². The van der Waals surface area contributed by atoms with Gasteiger partial charge in [0.1, 0.15) is 13.2 Å². The summed E-state index contributed by atoms with van der Waals surface area (Å²) in [5, 5.41) is 0. The fourth-order valence-corrected chi connectivity index (χ4v) is 6.79. The summed E-state index contributed by atoms with van der Waals surface area (Å²) in [7, 11) is 0. The molecule has 0 aromatic carbocycles. The van der Waals surface area contributed by atoms with Crippen molar-refractivity contribution in [2.75, 3.05) is 13.2 Å². The number of allylic oxidation sites excluding steroid dienone is 23. The lowest BCUT2D eigenvalue weighted by molar-refractivity contribution is -0.166. The van der Waals surface area contributed by atoms with Gasteiger partial charge in [-0.25, -0.2) is 0 Å². The molecule has 0 heterocycles. The summed E-state index contributed by atoms with van der Waals surface area (Å²) in [5.74, 6) is -1.10. The smallest absolute Gasteiger partial charge is 0.310 e. The minimum atomic E-state index is -0.848. The van der Waals surface area contributed by atoms with Crippen LogP contribution in [0.4, 0.5) is 0 Å². The van der Waals surface area contributed by atoms with E-state index in [0.29, 0.717) is 19.3 Å². The first-order valence-electron chi connectivity index (χ1n) is 27.3. The van der Waals surface area contributed by atoms with Crippen LogP contribution >= 0.6 is 0 Å². The molecule has 6 heteroatoms. The predicted octanol–water partition coefficient (Wildman–Crippen LogP) is 18.4. The number of rotatable bonds is 47. The summed E-state index contributed by atoms with van der Waals surface area (Å²) in [6.07, 6.45) is 80.1. The van der Waals surface area contributed by atoms with E-state index in [0.717, 1.165) is 128 Å². The lowest BCUT2D eigenvalue weighted by Gasteiger charge is -2.18. The second-order valence-electron chi connectivity index (χ2n) is 17.4. The first-order chi connectivity index (χ1) is 34.0. The van der Waals surface area contributed by atoms with Crippen molar-refractivity contribution in [1.29, 1.82) is 0 Å². The Labute approximate surface area is 423 Å². The summed E-state index contributed by atoms with van der Waals surface area (Å²) in [6, 6.07) is 0. The van der Waals surface area contributed by atoms with Gasteiger partial charge >= 0.3 is 17.9 Å². The third-order valence-corrected chi connectivity index (χ3v) is 10.8. The van der Waals surface area contributed by atoms with E-state index in [1.165, 1.54) is 38.5 Å². The molecule has 0 aliphatic heterocycles. The van der Waals surface area contributed by atoms with E-state index in [9.17, 15) is 14.4 Å². The molecule has 0 saturated carbocycles. The van der Waals surface area contributed by atoms with Crippen LogP contribution in [0.1, 0.15) is 213 Å². The van der Waals surface area contributed by atoms with Gasteiger partial charge in [0.15, 0.2) is 6.10 Å². The molecule has 1 unspecified atom stereocenters. The highest BCUT2D eigenvalue weighted by Gasteiger charge is 2.19. The molecule has 69 heavy (non-hydrogen) atoms. The number of carbonyl (C=O) groups excluding carboxylic acids is 3. The van der Waals surface area contributed by atoms with E-state index >= 15 is 0 Å². The first-order valence-corrected chi connectivity index (χ1v) is 27.3. The van der Waals surface area contributed by atoms with Crippen molar-refractivity contribution in [2.45, 2.75) is 219 Å². The lowest BCUT2D eigenvalue weighted by Crippen LogP contribution is -2.30. The van der Waals surface area contributed by atoms with Crippen LogP contribution in [-0.4, -0.2) is 37.2 Å². The summed E-state index contributed by atoms with van der Waals surface area (Å²) in [6.45, 7) is 6.24. The van der Waals surface area contributed by atoms with Crippen LogP contribution in [0, 0.1) is 0 Å². The zero-order valence-electron chi connectivity index (χ0n) is 44.0.